The lowest BCUT2D eigenvalue weighted by Gasteiger charge is -2.08. The van der Waals surface area contributed by atoms with Crippen molar-refractivity contribution in [3.63, 3.8) is 0 Å². The van der Waals surface area contributed by atoms with Crippen LogP contribution in [0.4, 0.5) is 5.82 Å². The van der Waals surface area contributed by atoms with E-state index in [1.54, 1.807) is 22.9 Å². The SMILES string of the molecule is CCCCOC(=O)Cn1nc(N)cc1-c1ccc(Cl)cc1. The van der Waals surface area contributed by atoms with Crippen LogP contribution in [0.2, 0.25) is 5.02 Å². The Balaban J connectivity index is 2.13. The van der Waals surface area contributed by atoms with Gasteiger partial charge in [0.25, 0.3) is 0 Å². The molecular weight excluding hydrogens is 290 g/mol. The molecule has 0 amide bonds. The molecule has 0 radical (unpaired) electrons. The summed E-state index contributed by atoms with van der Waals surface area (Å²) in [6.45, 7) is 2.52. The number of esters is 1. The van der Waals surface area contributed by atoms with E-state index >= 15 is 0 Å². The number of nitrogens with zero attached hydrogens (tertiary/aromatic N) is 2. The molecule has 6 heteroatoms. The quantitative estimate of drug-likeness (QED) is 0.657. The van der Waals surface area contributed by atoms with E-state index in [1.165, 1.54) is 0 Å². The van der Waals surface area contributed by atoms with E-state index in [0.29, 0.717) is 17.4 Å². The molecule has 0 bridgehead atoms. The maximum Gasteiger partial charge on any atom is 0.327 e. The van der Waals surface area contributed by atoms with E-state index in [2.05, 4.69) is 5.10 Å². The molecule has 2 aromatic rings. The van der Waals surface area contributed by atoms with Crippen molar-refractivity contribution in [3.8, 4) is 11.3 Å². The summed E-state index contributed by atoms with van der Waals surface area (Å²) in [5.41, 5.74) is 7.39. The fourth-order valence-electron chi connectivity index (χ4n) is 1.91. The molecule has 0 saturated carbocycles. The molecule has 0 fully saturated rings. The summed E-state index contributed by atoms with van der Waals surface area (Å²) in [7, 11) is 0. The van der Waals surface area contributed by atoms with E-state index < -0.39 is 0 Å². The molecule has 2 N–H and O–H groups in total. The third-order valence-corrected chi connectivity index (χ3v) is 3.23. The first kappa shape index (κ1) is 15.4. The maximum atomic E-state index is 11.8. The van der Waals surface area contributed by atoms with Gasteiger partial charge in [0.1, 0.15) is 12.4 Å². The highest BCUT2D eigenvalue weighted by atomic mass is 35.5. The van der Waals surface area contributed by atoms with Crippen LogP contribution in [0, 0.1) is 0 Å². The van der Waals surface area contributed by atoms with Crippen molar-refractivity contribution in [3.05, 3.63) is 35.4 Å². The number of aromatic nitrogens is 2. The van der Waals surface area contributed by atoms with Gasteiger partial charge in [0.15, 0.2) is 0 Å². The summed E-state index contributed by atoms with van der Waals surface area (Å²) in [5.74, 6) is 0.0445. The zero-order valence-electron chi connectivity index (χ0n) is 11.9. The Labute approximate surface area is 128 Å². The van der Waals surface area contributed by atoms with Gasteiger partial charge in [-0.2, -0.15) is 5.10 Å². The van der Waals surface area contributed by atoms with Crippen LogP contribution < -0.4 is 5.73 Å². The lowest BCUT2D eigenvalue weighted by Crippen LogP contribution is -2.16. The number of carbonyl (C=O) groups excluding carboxylic acids is 1. The average molecular weight is 308 g/mol. The number of rotatable bonds is 6. The molecular formula is C15H18ClN3O2. The average Bonchev–Trinajstić information content (AvgIpc) is 2.80. The molecule has 0 aliphatic rings. The van der Waals surface area contributed by atoms with Gasteiger partial charge in [-0.05, 0) is 24.1 Å². The number of carbonyl (C=O) groups is 1. The van der Waals surface area contributed by atoms with Gasteiger partial charge >= 0.3 is 5.97 Å². The fourth-order valence-corrected chi connectivity index (χ4v) is 2.03. The third-order valence-electron chi connectivity index (χ3n) is 2.98. The second-order valence-corrected chi connectivity index (χ2v) is 5.13. The Bertz CT molecular complexity index is 608. The van der Waals surface area contributed by atoms with Gasteiger partial charge in [-0.1, -0.05) is 37.1 Å². The van der Waals surface area contributed by atoms with Crippen LogP contribution in [0.3, 0.4) is 0 Å². The summed E-state index contributed by atoms with van der Waals surface area (Å²) in [4.78, 5) is 11.8. The van der Waals surface area contributed by atoms with Gasteiger partial charge in [-0.15, -0.1) is 0 Å². The van der Waals surface area contributed by atoms with Crippen LogP contribution in [0.25, 0.3) is 11.3 Å². The van der Waals surface area contributed by atoms with Crippen molar-refractivity contribution in [1.82, 2.24) is 9.78 Å². The van der Waals surface area contributed by atoms with Gasteiger partial charge in [-0.25, -0.2) is 0 Å². The molecule has 0 atom stereocenters. The second-order valence-electron chi connectivity index (χ2n) is 4.69. The first-order chi connectivity index (χ1) is 10.1. The summed E-state index contributed by atoms with van der Waals surface area (Å²) >= 11 is 5.88. The number of ether oxygens (including phenoxy) is 1. The fraction of sp³-hybridized carbons (Fsp3) is 0.333. The number of nitrogen functional groups attached to an aromatic ring is 1. The Hall–Kier alpha value is -2.01. The van der Waals surface area contributed by atoms with E-state index in [9.17, 15) is 4.79 Å². The molecule has 2 rings (SSSR count). The molecule has 0 aliphatic carbocycles. The molecule has 0 unspecified atom stereocenters. The zero-order valence-corrected chi connectivity index (χ0v) is 12.6. The highest BCUT2D eigenvalue weighted by molar-refractivity contribution is 6.30. The summed E-state index contributed by atoms with van der Waals surface area (Å²) < 4.78 is 6.69. The monoisotopic (exact) mass is 307 g/mol. The topological polar surface area (TPSA) is 70.1 Å². The number of nitrogens with two attached hydrogens (primary N) is 1. The lowest BCUT2D eigenvalue weighted by molar-refractivity contribution is -0.144. The number of unbranched alkanes of at least 4 members (excludes halogenated alkanes) is 1. The van der Waals surface area contributed by atoms with Gasteiger partial charge in [0.2, 0.25) is 0 Å². The van der Waals surface area contributed by atoms with E-state index in [-0.39, 0.29) is 12.5 Å². The van der Waals surface area contributed by atoms with Crippen LogP contribution in [-0.2, 0) is 16.1 Å². The molecule has 0 spiro atoms. The smallest absolute Gasteiger partial charge is 0.327 e. The Kier molecular flexibility index (Phi) is 5.22. The van der Waals surface area contributed by atoms with Crippen molar-refractivity contribution in [1.29, 1.82) is 0 Å². The van der Waals surface area contributed by atoms with E-state index in [0.717, 1.165) is 24.1 Å². The van der Waals surface area contributed by atoms with Gasteiger partial charge in [0.05, 0.1) is 12.3 Å². The minimum Gasteiger partial charge on any atom is -0.464 e. The first-order valence-corrected chi connectivity index (χ1v) is 7.23. The largest absolute Gasteiger partial charge is 0.464 e. The zero-order chi connectivity index (χ0) is 15.2. The molecule has 0 aliphatic heterocycles. The van der Waals surface area contributed by atoms with Crippen molar-refractivity contribution in [2.45, 2.75) is 26.3 Å². The van der Waals surface area contributed by atoms with E-state index in [4.69, 9.17) is 22.1 Å². The minimum absolute atomic E-state index is 0.0405. The molecule has 5 nitrogen and oxygen atoms in total. The van der Waals surface area contributed by atoms with E-state index in [1.807, 2.05) is 19.1 Å². The summed E-state index contributed by atoms with van der Waals surface area (Å²) in [5, 5.41) is 4.79. The molecule has 1 aromatic heterocycles. The standard InChI is InChI=1S/C15H18ClN3O2/c1-2-3-8-21-15(20)10-19-13(9-14(17)18-19)11-4-6-12(16)7-5-11/h4-7,9H,2-3,8,10H2,1H3,(H2,17,18). The van der Waals surface area contributed by atoms with Crippen LogP contribution in [0.5, 0.6) is 0 Å². The van der Waals surface area contributed by atoms with Crippen molar-refractivity contribution < 1.29 is 9.53 Å². The molecule has 1 aromatic carbocycles. The van der Waals surface area contributed by atoms with Crippen LogP contribution in [-0.4, -0.2) is 22.4 Å². The molecule has 1 heterocycles. The molecule has 112 valence electrons. The Morgan fingerprint density at radius 2 is 2.10 bits per heavy atom. The minimum atomic E-state index is -0.318. The van der Waals surface area contributed by atoms with Crippen LogP contribution in [0.1, 0.15) is 19.8 Å². The van der Waals surface area contributed by atoms with Crippen LogP contribution >= 0.6 is 11.6 Å². The number of halogens is 1. The third kappa shape index (κ3) is 4.23. The normalized spacial score (nSPS) is 10.6. The lowest BCUT2D eigenvalue weighted by atomic mass is 10.1. The highest BCUT2D eigenvalue weighted by Gasteiger charge is 2.12. The van der Waals surface area contributed by atoms with Gasteiger partial charge in [-0.3, -0.25) is 9.48 Å². The number of anilines is 1. The van der Waals surface area contributed by atoms with Crippen molar-refractivity contribution in [2.75, 3.05) is 12.3 Å². The highest BCUT2D eigenvalue weighted by Crippen LogP contribution is 2.23. The maximum absolute atomic E-state index is 11.8. The van der Waals surface area contributed by atoms with Gasteiger partial charge < -0.3 is 10.5 Å². The molecule has 21 heavy (non-hydrogen) atoms. The number of benzene rings is 1. The molecule has 0 saturated heterocycles. The number of hydrogen-bond acceptors (Lipinski definition) is 4. The number of hydrogen-bond donors (Lipinski definition) is 1. The second kappa shape index (κ2) is 7.13. The summed E-state index contributed by atoms with van der Waals surface area (Å²) in [6, 6.07) is 9.01. The Morgan fingerprint density at radius 1 is 1.38 bits per heavy atom. The van der Waals surface area contributed by atoms with Crippen LogP contribution in [0.15, 0.2) is 30.3 Å². The van der Waals surface area contributed by atoms with Crippen molar-refractivity contribution in [2.24, 2.45) is 0 Å². The predicted molar refractivity (Wildman–Crippen MR) is 83.0 cm³/mol. The van der Waals surface area contributed by atoms with Gasteiger partial charge in [0, 0.05) is 11.1 Å². The summed E-state index contributed by atoms with van der Waals surface area (Å²) in [6.07, 6.45) is 1.84. The Morgan fingerprint density at radius 3 is 2.76 bits per heavy atom. The van der Waals surface area contributed by atoms with Crippen molar-refractivity contribution >= 4 is 23.4 Å². The first-order valence-electron chi connectivity index (χ1n) is 6.85. The predicted octanol–water partition coefficient (Wildman–Crippen LogP) is 3.13.